The van der Waals surface area contributed by atoms with Crippen molar-refractivity contribution in [2.45, 2.75) is 18.6 Å². The summed E-state index contributed by atoms with van der Waals surface area (Å²) >= 11 is 0. The smallest absolute Gasteiger partial charge is 0.120 e. The Hall–Kier alpha value is -1.88. The van der Waals surface area contributed by atoms with Crippen LogP contribution in [0.2, 0.25) is 0 Å². The van der Waals surface area contributed by atoms with Crippen LogP contribution >= 0.6 is 0 Å². The van der Waals surface area contributed by atoms with Crippen LogP contribution < -0.4 is 4.74 Å². The lowest BCUT2D eigenvalue weighted by Gasteiger charge is -2.41. The van der Waals surface area contributed by atoms with Gasteiger partial charge in [0.05, 0.1) is 12.2 Å². The molecule has 0 radical (unpaired) electrons. The number of aliphatic hydroxyl groups is 1. The molecule has 4 heteroatoms. The molecule has 2 aromatic carbocycles. The van der Waals surface area contributed by atoms with Crippen molar-refractivity contribution in [3.8, 4) is 5.75 Å². The molecule has 2 atom stereocenters. The first-order valence-corrected chi connectivity index (χ1v) is 8.80. The van der Waals surface area contributed by atoms with E-state index in [9.17, 15) is 5.11 Å². The molecule has 1 aliphatic heterocycles. The van der Waals surface area contributed by atoms with Crippen LogP contribution in [0.1, 0.15) is 17.5 Å². The summed E-state index contributed by atoms with van der Waals surface area (Å²) in [6, 6.07) is 17.9. The van der Waals surface area contributed by atoms with Gasteiger partial charge in [-0.1, -0.05) is 42.5 Å². The Bertz CT molecular complexity index is 674. The monoisotopic (exact) mass is 341 g/mol. The molecule has 0 unspecified atom stereocenters. The molecule has 0 bridgehead atoms. The first-order chi connectivity index (χ1) is 12.1. The standard InChI is InChI=1S/C21H27NO3/c1-22(2)14-19-16-24-12-11-21(19,23)18-9-6-10-20(13-18)25-15-17-7-4-3-5-8-17/h3-10,13,19,23H,11-12,14-16H2,1-2H3/t19-,21+/m0/s1. The topological polar surface area (TPSA) is 41.9 Å². The van der Waals surface area contributed by atoms with E-state index in [1.165, 1.54) is 0 Å². The second-order valence-electron chi connectivity index (χ2n) is 7.01. The van der Waals surface area contributed by atoms with Crippen molar-refractivity contribution in [3.05, 3.63) is 65.7 Å². The molecule has 134 valence electrons. The van der Waals surface area contributed by atoms with E-state index in [-0.39, 0.29) is 5.92 Å². The van der Waals surface area contributed by atoms with E-state index in [0.29, 0.717) is 26.2 Å². The van der Waals surface area contributed by atoms with E-state index >= 15 is 0 Å². The molecule has 0 aromatic heterocycles. The van der Waals surface area contributed by atoms with Crippen LogP contribution in [-0.4, -0.2) is 43.9 Å². The molecule has 2 aromatic rings. The number of ether oxygens (including phenoxy) is 2. The van der Waals surface area contributed by atoms with E-state index in [1.807, 2.05) is 68.7 Å². The Labute approximate surface area is 150 Å². The third-order valence-electron chi connectivity index (χ3n) is 4.79. The number of hydrogen-bond donors (Lipinski definition) is 1. The van der Waals surface area contributed by atoms with Gasteiger partial charge in [0.15, 0.2) is 0 Å². The average molecular weight is 341 g/mol. The van der Waals surface area contributed by atoms with E-state index in [0.717, 1.165) is 23.4 Å². The van der Waals surface area contributed by atoms with Crippen molar-refractivity contribution in [2.75, 3.05) is 33.9 Å². The number of rotatable bonds is 6. The van der Waals surface area contributed by atoms with Crippen LogP contribution in [0.5, 0.6) is 5.75 Å². The van der Waals surface area contributed by atoms with Crippen molar-refractivity contribution in [3.63, 3.8) is 0 Å². The molecule has 0 amide bonds. The molecular weight excluding hydrogens is 314 g/mol. The largest absolute Gasteiger partial charge is 0.489 e. The SMILES string of the molecule is CN(C)C[C@H]1COCC[C@@]1(O)c1cccc(OCc2ccccc2)c1. The highest BCUT2D eigenvalue weighted by Crippen LogP contribution is 2.38. The molecule has 0 saturated carbocycles. The van der Waals surface area contributed by atoms with Gasteiger partial charge in [0.25, 0.3) is 0 Å². The molecular formula is C21H27NO3. The van der Waals surface area contributed by atoms with Crippen LogP contribution in [0.25, 0.3) is 0 Å². The van der Waals surface area contributed by atoms with Crippen molar-refractivity contribution in [1.82, 2.24) is 4.90 Å². The molecule has 0 spiro atoms. The quantitative estimate of drug-likeness (QED) is 0.877. The summed E-state index contributed by atoms with van der Waals surface area (Å²) in [5, 5.41) is 11.4. The van der Waals surface area contributed by atoms with Gasteiger partial charge in [-0.15, -0.1) is 0 Å². The number of hydrogen-bond acceptors (Lipinski definition) is 4. The van der Waals surface area contributed by atoms with Crippen molar-refractivity contribution >= 4 is 0 Å². The predicted molar refractivity (Wildman–Crippen MR) is 98.6 cm³/mol. The summed E-state index contributed by atoms with van der Waals surface area (Å²) in [4.78, 5) is 2.10. The molecule has 4 nitrogen and oxygen atoms in total. The molecule has 1 heterocycles. The Morgan fingerprint density at radius 1 is 1.16 bits per heavy atom. The summed E-state index contributed by atoms with van der Waals surface area (Å²) < 4.78 is 11.5. The van der Waals surface area contributed by atoms with Gasteiger partial charge >= 0.3 is 0 Å². The lowest BCUT2D eigenvalue weighted by atomic mass is 9.77. The highest BCUT2D eigenvalue weighted by molar-refractivity contribution is 5.33. The number of nitrogens with zero attached hydrogens (tertiary/aromatic N) is 1. The van der Waals surface area contributed by atoms with Crippen molar-refractivity contribution in [2.24, 2.45) is 5.92 Å². The lowest BCUT2D eigenvalue weighted by molar-refractivity contribution is -0.123. The highest BCUT2D eigenvalue weighted by Gasteiger charge is 2.41. The fourth-order valence-corrected chi connectivity index (χ4v) is 3.42. The summed E-state index contributed by atoms with van der Waals surface area (Å²) in [6.45, 7) is 2.46. The van der Waals surface area contributed by atoms with Crippen LogP contribution in [0.3, 0.4) is 0 Å². The Morgan fingerprint density at radius 2 is 1.96 bits per heavy atom. The minimum Gasteiger partial charge on any atom is -0.489 e. The van der Waals surface area contributed by atoms with Gasteiger partial charge in [0.1, 0.15) is 12.4 Å². The Balaban J connectivity index is 1.76. The first kappa shape index (κ1) is 17.9. The van der Waals surface area contributed by atoms with Gasteiger partial charge in [-0.3, -0.25) is 0 Å². The number of benzene rings is 2. The Kier molecular flexibility index (Phi) is 5.74. The van der Waals surface area contributed by atoms with Crippen LogP contribution in [0.15, 0.2) is 54.6 Å². The van der Waals surface area contributed by atoms with Crippen LogP contribution in [-0.2, 0) is 16.9 Å². The third kappa shape index (κ3) is 4.40. The molecule has 0 aliphatic carbocycles. The highest BCUT2D eigenvalue weighted by atomic mass is 16.5. The molecule has 1 N–H and O–H groups in total. The van der Waals surface area contributed by atoms with Crippen molar-refractivity contribution in [1.29, 1.82) is 0 Å². The molecule has 1 saturated heterocycles. The van der Waals surface area contributed by atoms with Gasteiger partial charge in [-0.25, -0.2) is 0 Å². The second-order valence-corrected chi connectivity index (χ2v) is 7.01. The summed E-state index contributed by atoms with van der Waals surface area (Å²) in [7, 11) is 4.04. The zero-order valence-electron chi connectivity index (χ0n) is 15.0. The van der Waals surface area contributed by atoms with Crippen molar-refractivity contribution < 1.29 is 14.6 Å². The summed E-state index contributed by atoms with van der Waals surface area (Å²) in [5.41, 5.74) is 1.16. The van der Waals surface area contributed by atoms with Crippen LogP contribution in [0.4, 0.5) is 0 Å². The minimum atomic E-state index is -0.880. The van der Waals surface area contributed by atoms with Crippen LogP contribution in [0, 0.1) is 5.92 Å². The molecule has 1 aliphatic rings. The fraction of sp³-hybridized carbons (Fsp3) is 0.429. The van der Waals surface area contributed by atoms with E-state index in [2.05, 4.69) is 4.90 Å². The average Bonchev–Trinajstić information content (AvgIpc) is 2.63. The van der Waals surface area contributed by atoms with E-state index in [4.69, 9.17) is 9.47 Å². The van der Waals surface area contributed by atoms with E-state index in [1.54, 1.807) is 0 Å². The summed E-state index contributed by atoms with van der Waals surface area (Å²) in [6.07, 6.45) is 0.605. The maximum atomic E-state index is 11.4. The van der Waals surface area contributed by atoms with Gasteiger partial charge in [-0.2, -0.15) is 0 Å². The van der Waals surface area contributed by atoms with Gasteiger partial charge in [-0.05, 0) is 37.4 Å². The lowest BCUT2D eigenvalue weighted by Crippen LogP contribution is -2.47. The third-order valence-corrected chi connectivity index (χ3v) is 4.79. The van der Waals surface area contributed by atoms with Gasteiger partial charge in [0.2, 0.25) is 0 Å². The zero-order valence-corrected chi connectivity index (χ0v) is 15.0. The van der Waals surface area contributed by atoms with E-state index < -0.39 is 5.60 Å². The Morgan fingerprint density at radius 3 is 2.72 bits per heavy atom. The maximum absolute atomic E-state index is 11.4. The van der Waals surface area contributed by atoms with Gasteiger partial charge < -0.3 is 19.5 Å². The maximum Gasteiger partial charge on any atom is 0.120 e. The summed E-state index contributed by atoms with van der Waals surface area (Å²) in [5.74, 6) is 0.825. The van der Waals surface area contributed by atoms with Gasteiger partial charge in [0, 0.05) is 25.5 Å². The fourth-order valence-electron chi connectivity index (χ4n) is 3.42. The molecule has 25 heavy (non-hydrogen) atoms. The minimum absolute atomic E-state index is 0.0422. The first-order valence-electron chi connectivity index (χ1n) is 8.80. The molecule has 1 fully saturated rings. The predicted octanol–water partition coefficient (Wildman–Crippen LogP) is 3.05. The normalized spacial score (nSPS) is 23.6. The second kappa shape index (κ2) is 8.00. The molecule has 3 rings (SSSR count). The zero-order chi connectivity index (χ0) is 17.7.